The zero-order valence-corrected chi connectivity index (χ0v) is 19.7. The molecule has 4 heterocycles. The highest BCUT2D eigenvalue weighted by molar-refractivity contribution is 8.01. The van der Waals surface area contributed by atoms with Crippen LogP contribution in [0.2, 0.25) is 0 Å². The van der Waals surface area contributed by atoms with E-state index in [-0.39, 0.29) is 36.0 Å². The van der Waals surface area contributed by atoms with Crippen molar-refractivity contribution < 1.29 is 29.4 Å². The Bertz CT molecular complexity index is 1140. The summed E-state index contributed by atoms with van der Waals surface area (Å²) in [6.45, 7) is 0. The number of carbonyl (C=O) groups excluding carboxylic acids is 2. The molecule has 14 heteroatoms. The monoisotopic (exact) mass is 509 g/mol. The van der Waals surface area contributed by atoms with Crippen LogP contribution < -0.4 is 5.32 Å². The maximum atomic E-state index is 12.7. The molecule has 3 N–H and O–H groups in total. The van der Waals surface area contributed by atoms with Crippen LogP contribution in [0.25, 0.3) is 0 Å². The average Bonchev–Trinajstić information content (AvgIpc) is 3.39. The lowest BCUT2D eigenvalue weighted by molar-refractivity contribution is -0.150. The van der Waals surface area contributed by atoms with Crippen LogP contribution in [0.5, 0.6) is 0 Å². The fraction of sp³-hybridized carbons (Fsp3) is 0.368. The molecule has 0 aromatic carbocycles. The number of thiophene rings is 1. The Labute approximate surface area is 200 Å². The Morgan fingerprint density at radius 3 is 2.73 bits per heavy atom. The van der Waals surface area contributed by atoms with Crippen molar-refractivity contribution in [3.63, 3.8) is 0 Å². The summed E-state index contributed by atoms with van der Waals surface area (Å²) in [6.07, 6.45) is -0.101. The first-order chi connectivity index (χ1) is 15.8. The SMILES string of the molecule is Cn1c(CC(=O)O)nnc1SCC1=C(C(=O)O)N2C(=O)C(NC(=O)Cc3cccs3)[C@@H]2SC1. The van der Waals surface area contributed by atoms with Gasteiger partial charge in [0.15, 0.2) is 5.16 Å². The van der Waals surface area contributed by atoms with Gasteiger partial charge in [0, 0.05) is 23.4 Å². The van der Waals surface area contributed by atoms with E-state index in [1.807, 2.05) is 17.5 Å². The topological polar surface area (TPSA) is 155 Å². The summed E-state index contributed by atoms with van der Waals surface area (Å²) < 4.78 is 1.55. The number of nitrogens with one attached hydrogen (secondary N) is 1. The number of nitrogens with zero attached hydrogens (tertiary/aromatic N) is 4. The lowest BCUT2D eigenvalue weighted by Crippen LogP contribution is -2.70. The molecule has 174 valence electrons. The zero-order chi connectivity index (χ0) is 23.7. The van der Waals surface area contributed by atoms with Gasteiger partial charge in [-0.25, -0.2) is 4.79 Å². The predicted octanol–water partition coefficient (Wildman–Crippen LogP) is 0.577. The number of β-lactam (4-membered cyclic amide) rings is 1. The van der Waals surface area contributed by atoms with Crippen LogP contribution in [-0.2, 0) is 39.1 Å². The molecule has 2 aromatic heterocycles. The van der Waals surface area contributed by atoms with E-state index in [4.69, 9.17) is 5.11 Å². The second kappa shape index (κ2) is 9.57. The molecular formula is C19H19N5O6S3. The van der Waals surface area contributed by atoms with Crippen molar-refractivity contribution in [1.29, 1.82) is 0 Å². The van der Waals surface area contributed by atoms with Crippen LogP contribution in [0.1, 0.15) is 10.7 Å². The minimum Gasteiger partial charge on any atom is -0.481 e. The highest BCUT2D eigenvalue weighted by atomic mass is 32.2. The van der Waals surface area contributed by atoms with Gasteiger partial charge in [-0.05, 0) is 17.0 Å². The minimum atomic E-state index is -1.21. The molecular weight excluding hydrogens is 490 g/mol. The number of carboxylic acid groups (broad SMARTS) is 2. The highest BCUT2D eigenvalue weighted by Crippen LogP contribution is 2.41. The van der Waals surface area contributed by atoms with Gasteiger partial charge in [0.25, 0.3) is 5.91 Å². The molecule has 0 bridgehead atoms. The summed E-state index contributed by atoms with van der Waals surface area (Å²) >= 11 is 4.07. The molecule has 0 spiro atoms. The molecule has 0 aliphatic carbocycles. The predicted molar refractivity (Wildman–Crippen MR) is 121 cm³/mol. The third-order valence-electron chi connectivity index (χ3n) is 5.09. The van der Waals surface area contributed by atoms with E-state index in [0.717, 1.165) is 4.88 Å². The van der Waals surface area contributed by atoms with Gasteiger partial charge in [-0.15, -0.1) is 33.3 Å². The molecule has 2 aromatic rings. The smallest absolute Gasteiger partial charge is 0.352 e. The summed E-state index contributed by atoms with van der Waals surface area (Å²) in [5, 5.41) is 31.1. The number of fused-ring (bicyclic) bond motifs is 1. The molecule has 1 saturated heterocycles. The van der Waals surface area contributed by atoms with Gasteiger partial charge in [0.05, 0.1) is 6.42 Å². The number of carboxylic acids is 2. The molecule has 0 saturated carbocycles. The molecule has 2 atom stereocenters. The van der Waals surface area contributed by atoms with E-state index in [2.05, 4.69) is 15.5 Å². The largest absolute Gasteiger partial charge is 0.481 e. The van der Waals surface area contributed by atoms with Crippen molar-refractivity contribution in [3.05, 3.63) is 39.5 Å². The van der Waals surface area contributed by atoms with E-state index >= 15 is 0 Å². The molecule has 2 aliphatic heterocycles. The van der Waals surface area contributed by atoms with E-state index in [1.54, 1.807) is 11.6 Å². The van der Waals surface area contributed by atoms with E-state index in [1.165, 1.54) is 39.8 Å². The Kier molecular flexibility index (Phi) is 6.76. The number of hydrogen-bond donors (Lipinski definition) is 3. The van der Waals surface area contributed by atoms with Gasteiger partial charge in [-0.2, -0.15) is 0 Å². The Balaban J connectivity index is 1.43. The summed E-state index contributed by atoms with van der Waals surface area (Å²) in [7, 11) is 1.64. The zero-order valence-electron chi connectivity index (χ0n) is 17.3. The van der Waals surface area contributed by atoms with E-state index < -0.39 is 29.3 Å². The number of aliphatic carboxylic acids is 2. The minimum absolute atomic E-state index is 0.0760. The molecule has 1 fully saturated rings. The molecule has 4 rings (SSSR count). The van der Waals surface area contributed by atoms with E-state index in [0.29, 0.717) is 16.5 Å². The lowest BCUT2D eigenvalue weighted by Gasteiger charge is -2.49. The third kappa shape index (κ3) is 4.77. The van der Waals surface area contributed by atoms with Crippen LogP contribution in [-0.4, -0.2) is 76.6 Å². The Morgan fingerprint density at radius 1 is 1.27 bits per heavy atom. The average molecular weight is 510 g/mol. The second-order valence-electron chi connectivity index (χ2n) is 7.29. The van der Waals surface area contributed by atoms with E-state index in [9.17, 15) is 24.3 Å². The van der Waals surface area contributed by atoms with Crippen molar-refractivity contribution in [1.82, 2.24) is 25.0 Å². The fourth-order valence-electron chi connectivity index (χ4n) is 3.50. The van der Waals surface area contributed by atoms with Crippen molar-refractivity contribution in [2.24, 2.45) is 7.05 Å². The maximum Gasteiger partial charge on any atom is 0.352 e. The summed E-state index contributed by atoms with van der Waals surface area (Å²) in [4.78, 5) is 50.1. The maximum absolute atomic E-state index is 12.7. The number of rotatable bonds is 9. The lowest BCUT2D eigenvalue weighted by atomic mass is 10.0. The standard InChI is InChI=1S/C19H19N5O6S3/c1-23-11(6-13(26)27)21-22-19(23)33-8-9-7-32-17-14(16(28)24(17)15(9)18(29)30)20-12(25)5-10-3-2-4-31-10/h2-4,14,17H,5-8H2,1H3,(H,20,25)(H,26,27)(H,29,30)/t14?,17-/m0/s1. The van der Waals surface area contributed by atoms with Crippen molar-refractivity contribution in [2.45, 2.75) is 29.4 Å². The number of carbonyl (C=O) groups is 4. The second-order valence-corrected chi connectivity index (χ2v) is 10.4. The van der Waals surface area contributed by atoms with Gasteiger partial charge < -0.3 is 20.1 Å². The number of hydrogen-bond acceptors (Lipinski definition) is 9. The number of amides is 2. The third-order valence-corrected chi connectivity index (χ3v) is 8.41. The molecule has 2 amide bonds. The first-order valence-electron chi connectivity index (χ1n) is 9.71. The van der Waals surface area contributed by atoms with Crippen molar-refractivity contribution in [2.75, 3.05) is 11.5 Å². The molecule has 33 heavy (non-hydrogen) atoms. The van der Waals surface area contributed by atoms with Gasteiger partial charge in [0.1, 0.15) is 29.4 Å². The van der Waals surface area contributed by atoms with Gasteiger partial charge in [-0.3, -0.25) is 19.3 Å². The number of aromatic nitrogens is 3. The molecule has 11 nitrogen and oxygen atoms in total. The first-order valence-corrected chi connectivity index (χ1v) is 12.6. The van der Waals surface area contributed by atoms with Crippen LogP contribution in [0.15, 0.2) is 33.9 Å². The number of thioether (sulfide) groups is 2. The van der Waals surface area contributed by atoms with Gasteiger partial charge in [0.2, 0.25) is 5.91 Å². The normalized spacial score (nSPS) is 19.8. The first kappa shape index (κ1) is 23.3. The molecule has 1 unspecified atom stereocenters. The van der Waals surface area contributed by atoms with Crippen LogP contribution in [0.4, 0.5) is 0 Å². The summed E-state index contributed by atoms with van der Waals surface area (Å²) in [6, 6.07) is 2.92. The Morgan fingerprint density at radius 2 is 2.06 bits per heavy atom. The van der Waals surface area contributed by atoms with Crippen LogP contribution in [0, 0.1) is 0 Å². The highest BCUT2D eigenvalue weighted by Gasteiger charge is 2.54. The summed E-state index contributed by atoms with van der Waals surface area (Å²) in [5.74, 6) is -2.06. The molecule has 2 aliphatic rings. The van der Waals surface area contributed by atoms with Crippen LogP contribution >= 0.6 is 34.9 Å². The van der Waals surface area contributed by atoms with Gasteiger partial charge in [-0.1, -0.05) is 17.8 Å². The Hall–Kier alpha value is -2.84. The quantitative estimate of drug-likeness (QED) is 0.323. The fourth-order valence-corrected chi connectivity index (χ4v) is 6.62. The summed E-state index contributed by atoms with van der Waals surface area (Å²) in [5.41, 5.74) is 0.473. The van der Waals surface area contributed by atoms with Crippen molar-refractivity contribution >= 4 is 58.6 Å². The molecule has 0 radical (unpaired) electrons. The van der Waals surface area contributed by atoms with Gasteiger partial charge >= 0.3 is 11.9 Å². The van der Waals surface area contributed by atoms with Crippen molar-refractivity contribution in [3.8, 4) is 0 Å². The van der Waals surface area contributed by atoms with Crippen LogP contribution in [0.3, 0.4) is 0 Å².